The maximum atomic E-state index is 14.4. The fraction of sp³-hybridized carbons (Fsp3) is 0.544. The van der Waals surface area contributed by atoms with Crippen molar-refractivity contribution in [2.24, 2.45) is 16.7 Å². The van der Waals surface area contributed by atoms with E-state index in [0.29, 0.717) is 35.6 Å². The fourth-order valence-electron chi connectivity index (χ4n) is 13.3. The molecule has 5 atom stereocenters. The predicted octanol–water partition coefficient (Wildman–Crippen LogP) is 6.84. The van der Waals surface area contributed by atoms with Gasteiger partial charge < -0.3 is 46.2 Å². The number of phenols is 1. The second-order valence-corrected chi connectivity index (χ2v) is 24.4. The number of amides is 3. The summed E-state index contributed by atoms with van der Waals surface area (Å²) in [7, 11) is 0. The Morgan fingerprint density at radius 3 is 2.21 bits per heavy atom. The van der Waals surface area contributed by atoms with Crippen molar-refractivity contribution >= 4 is 46.5 Å². The molecule has 4 saturated heterocycles. The normalized spacial score (nSPS) is 26.5. The first-order valence-electron chi connectivity index (χ1n) is 27.2. The molecule has 3 aromatic heterocycles. The fourth-order valence-corrected chi connectivity index (χ4v) is 14.1. The van der Waals surface area contributed by atoms with E-state index in [9.17, 15) is 24.6 Å². The number of β-amino-alcohol motifs (C(OH)–C–C–N with tert-alkyl or cyclic N) is 1. The highest BCUT2D eigenvalue weighted by molar-refractivity contribution is 7.13. The summed E-state index contributed by atoms with van der Waals surface area (Å²) < 4.78 is 0. The lowest BCUT2D eigenvalue weighted by atomic mass is 9.56. The zero-order valence-corrected chi connectivity index (χ0v) is 44.5. The summed E-state index contributed by atoms with van der Waals surface area (Å²) in [6.07, 6.45) is 13.7. The molecule has 396 valence electrons. The molecule has 6 aliphatic rings. The number of phenolic OH excluding ortho intramolecular Hbond substituents is 1. The van der Waals surface area contributed by atoms with Gasteiger partial charge >= 0.3 is 0 Å². The number of hydrogen-bond acceptors (Lipinski definition) is 15. The predicted molar refractivity (Wildman–Crippen MR) is 290 cm³/mol. The van der Waals surface area contributed by atoms with Gasteiger partial charge in [0.2, 0.25) is 23.7 Å². The number of nitrogens with zero attached hydrogens (tertiary/aromatic N) is 9. The van der Waals surface area contributed by atoms with Gasteiger partial charge in [-0.15, -0.1) is 21.5 Å². The average Bonchev–Trinajstić information content (AvgIpc) is 4.10. The minimum absolute atomic E-state index is 0.0462. The number of fused-ring (bicyclic) bond motifs is 2. The molecule has 0 radical (unpaired) electrons. The molecular weight excluding hydrogens is 965 g/mol. The van der Waals surface area contributed by atoms with Crippen LogP contribution >= 0.6 is 11.3 Å². The quantitative estimate of drug-likeness (QED) is 0.0865. The molecule has 4 aliphatic heterocycles. The number of likely N-dealkylation sites (tertiary alicyclic amines) is 2. The molecule has 6 N–H and O–H groups in total. The number of para-hydroxylation sites is 1. The number of piperazine rings is 1. The summed E-state index contributed by atoms with van der Waals surface area (Å²) in [4.78, 5) is 66.3. The number of aromatic nitrogens is 5. The van der Waals surface area contributed by atoms with Crippen LogP contribution in [0.1, 0.15) is 114 Å². The van der Waals surface area contributed by atoms with Crippen molar-refractivity contribution in [1.29, 1.82) is 0 Å². The molecule has 2 aliphatic carbocycles. The Hall–Kier alpha value is -6.24. The third kappa shape index (κ3) is 10.4. The summed E-state index contributed by atoms with van der Waals surface area (Å²) in [5.41, 5.74) is 14.1. The number of aryl methyl sites for hydroxylation is 1. The molecule has 2 bridgehead atoms. The Morgan fingerprint density at radius 1 is 0.867 bits per heavy atom. The first kappa shape index (κ1) is 50.9. The standard InChI is InChI=1S/C57H72N12O5S/c1-34-49(75-33-62-34)37-11-9-35(10-12-37)27-59-53(73)47-23-43(70)32-68(47)54(74)50(56(2,3)4)63-52(72)38-15-19-57(20-16-38)25-42(26-57)66-21-17-36(18-22-66)39-28-60-55(61-29-39)69-40-13-14-41(69)31-67(30-40)46-24-45(64-65-51(46)58)44-7-5-6-8-48(44)71/h5-12,24,28-29,33,36,38,40-43,47,50,70-71H,13-23,25-27,30-32H2,1-4H3,(H2,58,65)(H,59,73)(H,63,72)/t38?,40?,41?,42?,43-,47+,50-,57?/m1/s1. The van der Waals surface area contributed by atoms with Crippen LogP contribution in [0, 0.1) is 23.7 Å². The van der Waals surface area contributed by atoms with Gasteiger partial charge in [0.05, 0.1) is 33.6 Å². The van der Waals surface area contributed by atoms with E-state index in [2.05, 4.69) is 52.9 Å². The molecule has 2 saturated carbocycles. The molecule has 18 heteroatoms. The topological polar surface area (TPSA) is 219 Å². The van der Waals surface area contributed by atoms with Gasteiger partial charge in [-0.25, -0.2) is 15.0 Å². The van der Waals surface area contributed by atoms with E-state index in [-0.39, 0.29) is 59.9 Å². The van der Waals surface area contributed by atoms with Crippen LogP contribution in [0.3, 0.4) is 0 Å². The first-order valence-corrected chi connectivity index (χ1v) is 28.0. The third-order valence-electron chi connectivity index (χ3n) is 17.7. The smallest absolute Gasteiger partial charge is 0.246 e. The number of thiazole rings is 1. The number of carbonyl (C=O) groups is 3. The molecule has 17 nitrogen and oxygen atoms in total. The van der Waals surface area contributed by atoms with Gasteiger partial charge in [0.25, 0.3) is 0 Å². The number of nitrogen functional groups attached to an aromatic ring is 1. The molecule has 6 fully saturated rings. The Balaban J connectivity index is 0.628. The summed E-state index contributed by atoms with van der Waals surface area (Å²) in [5, 5.41) is 35.9. The van der Waals surface area contributed by atoms with E-state index in [1.807, 2.05) is 75.7 Å². The number of aliphatic hydroxyl groups is 1. The zero-order chi connectivity index (χ0) is 52.2. The van der Waals surface area contributed by atoms with Crippen LogP contribution in [0.2, 0.25) is 0 Å². The van der Waals surface area contributed by atoms with Gasteiger partial charge in [-0.05, 0) is 136 Å². The summed E-state index contributed by atoms with van der Waals surface area (Å²) in [5.74, 6) is 0.873. The van der Waals surface area contributed by atoms with E-state index in [4.69, 9.17) is 15.7 Å². The third-order valence-corrected chi connectivity index (χ3v) is 18.6. The van der Waals surface area contributed by atoms with Gasteiger partial charge in [0.15, 0.2) is 5.82 Å². The number of hydrogen-bond donors (Lipinski definition) is 5. The number of nitrogens with one attached hydrogen (secondary N) is 2. The van der Waals surface area contributed by atoms with Crippen molar-refractivity contribution in [1.82, 2.24) is 45.6 Å². The van der Waals surface area contributed by atoms with Gasteiger partial charge in [-0.2, -0.15) is 0 Å². The van der Waals surface area contributed by atoms with Crippen LogP contribution in [0.15, 0.2) is 72.5 Å². The molecule has 5 aromatic rings. The lowest BCUT2D eigenvalue weighted by Crippen LogP contribution is -2.59. The van der Waals surface area contributed by atoms with Crippen molar-refractivity contribution in [3.8, 4) is 27.4 Å². The summed E-state index contributed by atoms with van der Waals surface area (Å²) >= 11 is 1.59. The molecule has 75 heavy (non-hydrogen) atoms. The highest BCUT2D eigenvalue weighted by Crippen LogP contribution is 2.55. The Bertz CT molecular complexity index is 2850. The van der Waals surface area contributed by atoms with Gasteiger partial charge in [0.1, 0.15) is 17.8 Å². The number of aliphatic hydroxyl groups excluding tert-OH is 1. The molecule has 2 unspecified atom stereocenters. The lowest BCUT2D eigenvalue weighted by Gasteiger charge is -2.55. The maximum absolute atomic E-state index is 14.4. The Labute approximate surface area is 443 Å². The van der Waals surface area contributed by atoms with Crippen molar-refractivity contribution in [2.45, 2.75) is 147 Å². The SMILES string of the molecule is Cc1ncsc1-c1ccc(CNC(=O)[C@@H]2C[C@@H](O)CN2C(=O)[C@@H](NC(=O)C2CCC3(CC2)CC(N2CCC(c4cnc(N5C6CCC5CN(c5cc(-c7ccccc7O)nnc5N)C6)nc4)CC2)C3)C(C)(C)C)cc1. The number of benzene rings is 2. The molecular formula is C57H72N12O5S. The van der Waals surface area contributed by atoms with Crippen LogP contribution < -0.4 is 26.2 Å². The molecule has 11 rings (SSSR count). The number of carbonyl (C=O) groups excluding carboxylic acids is 3. The number of nitrogens with two attached hydrogens (primary N) is 1. The molecule has 2 aromatic carbocycles. The van der Waals surface area contributed by atoms with Gasteiger partial charge in [-0.3, -0.25) is 14.4 Å². The van der Waals surface area contributed by atoms with Crippen molar-refractivity contribution in [3.63, 3.8) is 0 Å². The highest BCUT2D eigenvalue weighted by Gasteiger charge is 2.50. The summed E-state index contributed by atoms with van der Waals surface area (Å²) in [6.45, 7) is 11.8. The largest absolute Gasteiger partial charge is 0.507 e. The Kier molecular flexibility index (Phi) is 14.1. The first-order chi connectivity index (χ1) is 36.1. The number of anilines is 3. The van der Waals surface area contributed by atoms with Crippen LogP contribution in [0.5, 0.6) is 5.75 Å². The monoisotopic (exact) mass is 1040 g/mol. The Morgan fingerprint density at radius 2 is 1.56 bits per heavy atom. The lowest BCUT2D eigenvalue weighted by molar-refractivity contribution is -0.145. The minimum Gasteiger partial charge on any atom is -0.507 e. The van der Waals surface area contributed by atoms with E-state index < -0.39 is 23.6 Å². The van der Waals surface area contributed by atoms with Gasteiger partial charge in [-0.1, -0.05) is 57.2 Å². The van der Waals surface area contributed by atoms with Crippen LogP contribution in [0.25, 0.3) is 21.7 Å². The number of aromatic hydroxyl groups is 1. The van der Waals surface area contributed by atoms with Gasteiger partial charge in [0, 0.05) is 74.6 Å². The van der Waals surface area contributed by atoms with Crippen molar-refractivity contribution in [2.75, 3.05) is 48.3 Å². The minimum atomic E-state index is -0.841. The molecule has 3 amide bonds. The second kappa shape index (κ2) is 20.7. The van der Waals surface area contributed by atoms with E-state index >= 15 is 0 Å². The number of rotatable bonds is 12. The van der Waals surface area contributed by atoms with Crippen LogP contribution in [-0.2, 0) is 20.9 Å². The number of piperidine rings is 1. The zero-order valence-electron chi connectivity index (χ0n) is 43.7. The van der Waals surface area contributed by atoms with Crippen molar-refractivity contribution < 1.29 is 24.6 Å². The molecule has 7 heterocycles. The van der Waals surface area contributed by atoms with E-state index in [1.54, 1.807) is 23.5 Å². The van der Waals surface area contributed by atoms with Crippen LogP contribution in [-0.4, -0.2) is 132 Å². The second-order valence-electron chi connectivity index (χ2n) is 23.6. The van der Waals surface area contributed by atoms with E-state index in [0.717, 1.165) is 111 Å². The van der Waals surface area contributed by atoms with Crippen molar-refractivity contribution in [3.05, 3.63) is 89.3 Å². The average molecular weight is 1040 g/mol. The summed E-state index contributed by atoms with van der Waals surface area (Å²) in [6, 6.07) is 16.5. The molecule has 1 spiro atoms. The maximum Gasteiger partial charge on any atom is 0.246 e. The highest BCUT2D eigenvalue weighted by atomic mass is 32.1. The van der Waals surface area contributed by atoms with Crippen LogP contribution in [0.4, 0.5) is 17.5 Å². The van der Waals surface area contributed by atoms with E-state index in [1.165, 1.54) is 23.3 Å².